The summed E-state index contributed by atoms with van der Waals surface area (Å²) in [5.41, 5.74) is -0.339. The molecule has 4 atom stereocenters. The van der Waals surface area contributed by atoms with Gasteiger partial charge in [-0.1, -0.05) is 37.5 Å². The van der Waals surface area contributed by atoms with E-state index in [1.807, 2.05) is 12.2 Å². The highest BCUT2D eigenvalue weighted by atomic mass is 16.4. The van der Waals surface area contributed by atoms with Gasteiger partial charge in [-0.05, 0) is 31.6 Å². The zero-order chi connectivity index (χ0) is 15.7. The van der Waals surface area contributed by atoms with Crippen LogP contribution in [0.25, 0.3) is 0 Å². The van der Waals surface area contributed by atoms with Crippen LogP contribution in [-0.2, 0) is 9.59 Å². The molecule has 1 amide bonds. The van der Waals surface area contributed by atoms with Gasteiger partial charge >= 0.3 is 5.97 Å². The maximum Gasteiger partial charge on any atom is 0.307 e. The van der Waals surface area contributed by atoms with E-state index < -0.39 is 17.8 Å². The Morgan fingerprint density at radius 1 is 1.32 bits per heavy atom. The van der Waals surface area contributed by atoms with Gasteiger partial charge in [0.2, 0.25) is 5.91 Å². The lowest BCUT2D eigenvalue weighted by molar-refractivity contribution is -0.149. The summed E-state index contributed by atoms with van der Waals surface area (Å²) in [6, 6.07) is 0.222. The Hall–Kier alpha value is -1.58. The molecule has 0 spiro atoms. The van der Waals surface area contributed by atoms with Crippen LogP contribution in [0.3, 0.4) is 0 Å². The molecule has 0 aliphatic heterocycles. The number of allylic oxidation sites excluding steroid dienone is 3. The molecule has 0 saturated heterocycles. The summed E-state index contributed by atoms with van der Waals surface area (Å²) in [6.07, 6.45) is 12.9. The van der Waals surface area contributed by atoms with Gasteiger partial charge in [0.15, 0.2) is 0 Å². The molecule has 3 aliphatic rings. The van der Waals surface area contributed by atoms with Crippen molar-refractivity contribution in [1.82, 2.24) is 5.32 Å². The molecule has 2 bridgehead atoms. The molecule has 4 heteroatoms. The predicted octanol–water partition coefficient (Wildman–Crippen LogP) is 2.90. The summed E-state index contributed by atoms with van der Waals surface area (Å²) >= 11 is 0. The summed E-state index contributed by atoms with van der Waals surface area (Å²) in [7, 11) is 0. The number of carbonyl (C=O) groups is 2. The second kappa shape index (κ2) is 5.90. The van der Waals surface area contributed by atoms with Crippen molar-refractivity contribution in [2.75, 3.05) is 0 Å². The maximum absolute atomic E-state index is 12.9. The van der Waals surface area contributed by atoms with Crippen LogP contribution in [0.15, 0.2) is 24.8 Å². The zero-order valence-electron chi connectivity index (χ0n) is 13.0. The van der Waals surface area contributed by atoms with Crippen LogP contribution in [0.2, 0.25) is 0 Å². The number of amides is 1. The average Bonchev–Trinajstić information content (AvgIpc) is 3.04. The van der Waals surface area contributed by atoms with Crippen LogP contribution in [-0.4, -0.2) is 23.0 Å². The maximum atomic E-state index is 12.9. The third kappa shape index (κ3) is 2.49. The highest BCUT2D eigenvalue weighted by Gasteiger charge is 2.59. The van der Waals surface area contributed by atoms with Crippen molar-refractivity contribution < 1.29 is 14.7 Å². The van der Waals surface area contributed by atoms with Gasteiger partial charge in [0.05, 0.1) is 11.8 Å². The summed E-state index contributed by atoms with van der Waals surface area (Å²) in [5, 5.41) is 12.7. The Bertz CT molecular complexity index is 506. The molecule has 0 heterocycles. The predicted molar refractivity (Wildman–Crippen MR) is 84.1 cm³/mol. The molecule has 2 N–H and O–H groups in total. The van der Waals surface area contributed by atoms with Gasteiger partial charge in [0.1, 0.15) is 0 Å². The standard InChI is InChI=1S/C18H25NO3/c1-2-9-18-10-8-12(11-18)14(17(21)22)15(18)16(20)19-13-6-4-3-5-7-13/h2,8,10,12-15H,1,3-7,9,11H2,(H,19,20)(H,21,22). The van der Waals surface area contributed by atoms with Crippen molar-refractivity contribution in [3.63, 3.8) is 0 Å². The minimum atomic E-state index is -0.843. The minimum Gasteiger partial charge on any atom is -0.481 e. The number of carbonyl (C=O) groups excluding carboxylic acids is 1. The minimum absolute atomic E-state index is 0.0143. The number of carboxylic acids is 1. The normalized spacial score (nSPS) is 37.2. The van der Waals surface area contributed by atoms with Crippen LogP contribution in [0.1, 0.15) is 44.9 Å². The van der Waals surface area contributed by atoms with Crippen molar-refractivity contribution in [3.05, 3.63) is 24.8 Å². The fourth-order valence-corrected chi connectivity index (χ4v) is 4.81. The molecule has 120 valence electrons. The topological polar surface area (TPSA) is 66.4 Å². The number of hydrogen-bond donors (Lipinski definition) is 2. The first kappa shape index (κ1) is 15.3. The fourth-order valence-electron chi connectivity index (χ4n) is 4.81. The smallest absolute Gasteiger partial charge is 0.307 e. The Balaban J connectivity index is 1.81. The first-order chi connectivity index (χ1) is 10.6. The van der Waals surface area contributed by atoms with E-state index in [1.165, 1.54) is 6.42 Å². The quantitative estimate of drug-likeness (QED) is 0.767. The van der Waals surface area contributed by atoms with Crippen molar-refractivity contribution in [1.29, 1.82) is 0 Å². The highest BCUT2D eigenvalue weighted by molar-refractivity contribution is 5.87. The van der Waals surface area contributed by atoms with Gasteiger partial charge < -0.3 is 10.4 Å². The van der Waals surface area contributed by atoms with Gasteiger partial charge in [0, 0.05) is 11.5 Å². The molecule has 0 radical (unpaired) electrons. The van der Waals surface area contributed by atoms with Crippen molar-refractivity contribution >= 4 is 11.9 Å². The number of fused-ring (bicyclic) bond motifs is 2. The molecule has 0 aromatic carbocycles. The Morgan fingerprint density at radius 2 is 2.05 bits per heavy atom. The van der Waals surface area contributed by atoms with E-state index in [-0.39, 0.29) is 23.3 Å². The molecule has 2 saturated carbocycles. The van der Waals surface area contributed by atoms with Crippen molar-refractivity contribution in [3.8, 4) is 0 Å². The zero-order valence-corrected chi connectivity index (χ0v) is 13.0. The third-order valence-corrected chi connectivity index (χ3v) is 5.77. The van der Waals surface area contributed by atoms with E-state index in [1.54, 1.807) is 0 Å². The molecule has 2 fully saturated rings. The van der Waals surface area contributed by atoms with E-state index in [0.717, 1.165) is 32.1 Å². The van der Waals surface area contributed by atoms with Crippen LogP contribution in [0, 0.1) is 23.2 Å². The Morgan fingerprint density at radius 3 is 2.68 bits per heavy atom. The van der Waals surface area contributed by atoms with Crippen molar-refractivity contribution in [2.45, 2.75) is 51.0 Å². The monoisotopic (exact) mass is 303 g/mol. The molecule has 4 nitrogen and oxygen atoms in total. The number of rotatable bonds is 5. The van der Waals surface area contributed by atoms with E-state index >= 15 is 0 Å². The lowest BCUT2D eigenvalue weighted by atomic mass is 9.71. The van der Waals surface area contributed by atoms with Gasteiger partial charge in [-0.3, -0.25) is 9.59 Å². The molecular weight excluding hydrogens is 278 g/mol. The van der Waals surface area contributed by atoms with E-state index in [2.05, 4.69) is 18.0 Å². The first-order valence-electron chi connectivity index (χ1n) is 8.41. The lowest BCUT2D eigenvalue weighted by Crippen LogP contribution is -2.47. The molecule has 22 heavy (non-hydrogen) atoms. The SMILES string of the molecule is C=CCC12C=CC(C1)C(C(=O)O)C2C(=O)NC1CCCCC1. The molecular formula is C18H25NO3. The van der Waals surface area contributed by atoms with E-state index in [9.17, 15) is 14.7 Å². The summed E-state index contributed by atoms with van der Waals surface area (Å²) in [4.78, 5) is 24.6. The summed E-state index contributed by atoms with van der Waals surface area (Å²) in [6.45, 7) is 3.80. The number of hydrogen-bond acceptors (Lipinski definition) is 2. The van der Waals surface area contributed by atoms with Gasteiger partial charge in [0.25, 0.3) is 0 Å². The van der Waals surface area contributed by atoms with Crippen LogP contribution in [0.5, 0.6) is 0 Å². The molecule has 4 unspecified atom stereocenters. The lowest BCUT2D eigenvalue weighted by Gasteiger charge is -2.35. The van der Waals surface area contributed by atoms with E-state index in [4.69, 9.17) is 0 Å². The third-order valence-electron chi connectivity index (χ3n) is 5.77. The largest absolute Gasteiger partial charge is 0.481 e. The van der Waals surface area contributed by atoms with Crippen LogP contribution in [0.4, 0.5) is 0 Å². The van der Waals surface area contributed by atoms with Gasteiger partial charge in [-0.2, -0.15) is 0 Å². The molecule has 3 aliphatic carbocycles. The van der Waals surface area contributed by atoms with E-state index in [0.29, 0.717) is 6.42 Å². The number of nitrogens with one attached hydrogen (secondary N) is 1. The van der Waals surface area contributed by atoms with Gasteiger partial charge in [-0.25, -0.2) is 0 Å². The van der Waals surface area contributed by atoms with Gasteiger partial charge in [-0.15, -0.1) is 6.58 Å². The Labute approximate surface area is 131 Å². The molecule has 0 aromatic heterocycles. The van der Waals surface area contributed by atoms with Crippen LogP contribution < -0.4 is 5.32 Å². The highest BCUT2D eigenvalue weighted by Crippen LogP contribution is 2.58. The first-order valence-corrected chi connectivity index (χ1v) is 8.41. The second-order valence-electron chi connectivity index (χ2n) is 7.14. The fraction of sp³-hybridized carbons (Fsp3) is 0.667. The van der Waals surface area contributed by atoms with Crippen LogP contribution >= 0.6 is 0 Å². The Kier molecular flexibility index (Phi) is 4.11. The molecule has 0 aromatic rings. The van der Waals surface area contributed by atoms with Crippen molar-refractivity contribution in [2.24, 2.45) is 23.2 Å². The number of aliphatic carboxylic acids is 1. The summed E-state index contributed by atoms with van der Waals surface area (Å²) < 4.78 is 0. The molecule has 3 rings (SSSR count). The summed E-state index contributed by atoms with van der Waals surface area (Å²) in [5.74, 6) is -1.97. The number of carboxylic acid groups (broad SMARTS) is 1. The second-order valence-corrected chi connectivity index (χ2v) is 7.14. The average molecular weight is 303 g/mol.